The second kappa shape index (κ2) is 4.72. The monoisotopic (exact) mass is 189 g/mol. The number of nitrogens with one attached hydrogen (secondary N) is 1. The molecule has 1 fully saturated rings. The molecule has 0 spiro atoms. The molecule has 3 nitrogen and oxygen atoms in total. The van der Waals surface area contributed by atoms with E-state index >= 15 is 0 Å². The normalized spacial score (nSPS) is 25.3. The van der Waals surface area contributed by atoms with Crippen molar-refractivity contribution in [3.05, 3.63) is 0 Å². The zero-order chi connectivity index (χ0) is 8.97. The Labute approximate surface area is 78.3 Å². The molecule has 2 unspecified atom stereocenters. The standard InChI is InChI=1S/C8H15NO2S/c1-6(12)8(10)9-4-7-2-3-11-5-7/h6-7,12H,2-5H2,1H3,(H,9,10). The van der Waals surface area contributed by atoms with Crippen LogP contribution in [0.2, 0.25) is 0 Å². The molecule has 1 amide bonds. The van der Waals surface area contributed by atoms with E-state index in [1.54, 1.807) is 6.92 Å². The molecule has 0 bridgehead atoms. The molecule has 1 saturated heterocycles. The summed E-state index contributed by atoms with van der Waals surface area (Å²) in [6, 6.07) is 0. The molecule has 12 heavy (non-hydrogen) atoms. The summed E-state index contributed by atoms with van der Waals surface area (Å²) in [6.07, 6.45) is 1.06. The van der Waals surface area contributed by atoms with E-state index in [1.807, 2.05) is 0 Å². The lowest BCUT2D eigenvalue weighted by Gasteiger charge is -2.10. The molecule has 70 valence electrons. The maximum Gasteiger partial charge on any atom is 0.232 e. The fourth-order valence-corrected chi connectivity index (χ4v) is 1.23. The van der Waals surface area contributed by atoms with Crippen LogP contribution in [0.25, 0.3) is 0 Å². The molecule has 1 rings (SSSR count). The lowest BCUT2D eigenvalue weighted by atomic mass is 10.1. The van der Waals surface area contributed by atoms with E-state index in [-0.39, 0.29) is 11.2 Å². The molecule has 2 atom stereocenters. The van der Waals surface area contributed by atoms with Gasteiger partial charge in [0.05, 0.1) is 11.9 Å². The van der Waals surface area contributed by atoms with E-state index in [1.165, 1.54) is 0 Å². The van der Waals surface area contributed by atoms with Gasteiger partial charge < -0.3 is 10.1 Å². The van der Waals surface area contributed by atoms with Gasteiger partial charge in [0.2, 0.25) is 5.91 Å². The molecule has 0 aromatic carbocycles. The molecular formula is C8H15NO2S. The van der Waals surface area contributed by atoms with Crippen molar-refractivity contribution in [2.75, 3.05) is 19.8 Å². The Kier molecular flexibility index (Phi) is 3.88. The van der Waals surface area contributed by atoms with E-state index in [4.69, 9.17) is 4.74 Å². The third kappa shape index (κ3) is 3.03. The topological polar surface area (TPSA) is 38.3 Å². The molecule has 0 radical (unpaired) electrons. The molecule has 1 aliphatic rings. The third-order valence-corrected chi connectivity index (χ3v) is 2.20. The summed E-state index contributed by atoms with van der Waals surface area (Å²) >= 11 is 4.03. The molecule has 0 aliphatic carbocycles. The highest BCUT2D eigenvalue weighted by Gasteiger charge is 2.16. The van der Waals surface area contributed by atoms with E-state index in [0.29, 0.717) is 5.92 Å². The highest BCUT2D eigenvalue weighted by atomic mass is 32.1. The molecule has 1 aliphatic heterocycles. The van der Waals surface area contributed by atoms with Crippen molar-refractivity contribution in [2.45, 2.75) is 18.6 Å². The number of carbonyl (C=O) groups excluding carboxylic acids is 1. The second-order valence-corrected chi connectivity index (χ2v) is 3.93. The van der Waals surface area contributed by atoms with Crippen molar-refractivity contribution in [1.29, 1.82) is 0 Å². The van der Waals surface area contributed by atoms with Crippen molar-refractivity contribution in [3.8, 4) is 0 Å². The van der Waals surface area contributed by atoms with Gasteiger partial charge in [-0.1, -0.05) is 0 Å². The zero-order valence-electron chi connectivity index (χ0n) is 7.25. The minimum atomic E-state index is -0.215. The van der Waals surface area contributed by atoms with Gasteiger partial charge in [-0.3, -0.25) is 4.79 Å². The van der Waals surface area contributed by atoms with E-state index in [0.717, 1.165) is 26.2 Å². The Hall–Kier alpha value is -0.220. The van der Waals surface area contributed by atoms with Crippen molar-refractivity contribution in [3.63, 3.8) is 0 Å². The zero-order valence-corrected chi connectivity index (χ0v) is 8.14. The maximum absolute atomic E-state index is 11.1. The highest BCUT2D eigenvalue weighted by molar-refractivity contribution is 7.81. The van der Waals surface area contributed by atoms with Crippen LogP contribution < -0.4 is 5.32 Å². The number of rotatable bonds is 3. The van der Waals surface area contributed by atoms with Gasteiger partial charge in [-0.15, -0.1) is 0 Å². The molecular weight excluding hydrogens is 174 g/mol. The van der Waals surface area contributed by atoms with Gasteiger partial charge in [0.1, 0.15) is 0 Å². The van der Waals surface area contributed by atoms with Crippen LogP contribution in [0, 0.1) is 5.92 Å². The fourth-order valence-electron chi connectivity index (χ4n) is 1.14. The van der Waals surface area contributed by atoms with Gasteiger partial charge in [0, 0.05) is 19.1 Å². The van der Waals surface area contributed by atoms with Crippen LogP contribution >= 0.6 is 12.6 Å². The SMILES string of the molecule is CC(S)C(=O)NCC1CCOC1. The van der Waals surface area contributed by atoms with Gasteiger partial charge in [-0.05, 0) is 13.3 Å². The number of hydrogen-bond donors (Lipinski definition) is 2. The minimum absolute atomic E-state index is 0.00485. The second-order valence-electron chi connectivity index (χ2n) is 3.15. The van der Waals surface area contributed by atoms with Gasteiger partial charge in [-0.25, -0.2) is 0 Å². The summed E-state index contributed by atoms with van der Waals surface area (Å²) in [5.41, 5.74) is 0. The molecule has 0 aromatic rings. The molecule has 0 saturated carbocycles. The summed E-state index contributed by atoms with van der Waals surface area (Å²) < 4.78 is 5.18. The van der Waals surface area contributed by atoms with Crippen molar-refractivity contribution in [1.82, 2.24) is 5.32 Å². The first-order valence-corrected chi connectivity index (χ1v) is 4.75. The first-order chi connectivity index (χ1) is 5.70. The van der Waals surface area contributed by atoms with Crippen LogP contribution in [0.4, 0.5) is 0 Å². The first kappa shape index (κ1) is 9.86. The lowest BCUT2D eigenvalue weighted by molar-refractivity contribution is -0.120. The molecule has 1 heterocycles. The van der Waals surface area contributed by atoms with Gasteiger partial charge >= 0.3 is 0 Å². The summed E-state index contributed by atoms with van der Waals surface area (Å²) in [7, 11) is 0. The van der Waals surface area contributed by atoms with Gasteiger partial charge in [-0.2, -0.15) is 12.6 Å². The lowest BCUT2D eigenvalue weighted by Crippen LogP contribution is -2.33. The smallest absolute Gasteiger partial charge is 0.232 e. The van der Waals surface area contributed by atoms with Crippen molar-refractivity contribution < 1.29 is 9.53 Å². The Bertz CT molecular complexity index is 155. The van der Waals surface area contributed by atoms with Crippen LogP contribution in [0.5, 0.6) is 0 Å². The number of carbonyl (C=O) groups is 1. The van der Waals surface area contributed by atoms with Gasteiger partial charge in [0.25, 0.3) is 0 Å². The summed E-state index contributed by atoms with van der Waals surface area (Å²) in [5.74, 6) is 0.506. The van der Waals surface area contributed by atoms with Crippen LogP contribution in [-0.2, 0) is 9.53 Å². The minimum Gasteiger partial charge on any atom is -0.381 e. The molecule has 1 N–H and O–H groups in total. The average Bonchev–Trinajstić information content (AvgIpc) is 2.51. The Balaban J connectivity index is 2.12. The Morgan fingerprint density at radius 3 is 3.08 bits per heavy atom. The number of hydrogen-bond acceptors (Lipinski definition) is 3. The van der Waals surface area contributed by atoms with Crippen LogP contribution in [0.3, 0.4) is 0 Å². The van der Waals surface area contributed by atoms with Crippen molar-refractivity contribution in [2.24, 2.45) is 5.92 Å². The first-order valence-electron chi connectivity index (χ1n) is 4.23. The largest absolute Gasteiger partial charge is 0.381 e. The quantitative estimate of drug-likeness (QED) is 0.633. The van der Waals surface area contributed by atoms with Gasteiger partial charge in [0.15, 0.2) is 0 Å². The van der Waals surface area contributed by atoms with Crippen LogP contribution in [-0.4, -0.2) is 30.9 Å². The fraction of sp³-hybridized carbons (Fsp3) is 0.875. The van der Waals surface area contributed by atoms with Crippen LogP contribution in [0.15, 0.2) is 0 Å². The molecule has 4 heteroatoms. The summed E-state index contributed by atoms with van der Waals surface area (Å²) in [4.78, 5) is 11.1. The number of amides is 1. The molecule has 0 aromatic heterocycles. The van der Waals surface area contributed by atoms with Crippen molar-refractivity contribution >= 4 is 18.5 Å². The predicted molar refractivity (Wildman–Crippen MR) is 50.4 cm³/mol. The summed E-state index contributed by atoms with van der Waals surface area (Å²) in [6.45, 7) is 4.10. The third-order valence-electron chi connectivity index (χ3n) is 1.97. The Morgan fingerprint density at radius 1 is 1.83 bits per heavy atom. The van der Waals surface area contributed by atoms with E-state index in [9.17, 15) is 4.79 Å². The number of thiol groups is 1. The van der Waals surface area contributed by atoms with Crippen LogP contribution in [0.1, 0.15) is 13.3 Å². The summed E-state index contributed by atoms with van der Waals surface area (Å²) in [5, 5.41) is 2.61. The van der Waals surface area contributed by atoms with E-state index < -0.39 is 0 Å². The van der Waals surface area contributed by atoms with E-state index in [2.05, 4.69) is 17.9 Å². The highest BCUT2D eigenvalue weighted by Crippen LogP contribution is 2.10. The average molecular weight is 189 g/mol. The Morgan fingerprint density at radius 2 is 2.58 bits per heavy atom. The maximum atomic E-state index is 11.1. The number of ether oxygens (including phenoxy) is 1. The predicted octanol–water partition coefficient (Wildman–Crippen LogP) is 0.457.